The highest BCUT2D eigenvalue weighted by molar-refractivity contribution is 6.30. The minimum Gasteiger partial charge on any atom is -0.319 e. The van der Waals surface area contributed by atoms with Crippen LogP contribution in [0.15, 0.2) is 36.5 Å². The van der Waals surface area contributed by atoms with Gasteiger partial charge in [0.05, 0.1) is 16.8 Å². The smallest absolute Gasteiger partial charge is 0.123 e. The lowest BCUT2D eigenvalue weighted by atomic mass is 10.0. The maximum atomic E-state index is 13.3. The Hall–Kier alpha value is -1.45. The highest BCUT2D eigenvalue weighted by Gasteiger charge is 2.11. The second-order valence-corrected chi connectivity index (χ2v) is 4.38. The number of nitrogens with two attached hydrogens (primary N) is 1. The molecule has 1 unspecified atom stereocenters. The molecule has 1 atom stereocenters. The normalized spacial score (nSPS) is 12.5. The number of pyridine rings is 1. The van der Waals surface area contributed by atoms with Gasteiger partial charge in [-0.1, -0.05) is 17.7 Å². The zero-order chi connectivity index (χ0) is 12.4. The van der Waals surface area contributed by atoms with Crippen LogP contribution in [-0.2, 0) is 0 Å². The van der Waals surface area contributed by atoms with Crippen LogP contribution >= 0.6 is 11.6 Å². The first-order chi connectivity index (χ1) is 8.06. The van der Waals surface area contributed by atoms with Crippen molar-refractivity contribution in [2.75, 3.05) is 0 Å². The summed E-state index contributed by atoms with van der Waals surface area (Å²) < 4.78 is 13.3. The molecule has 88 valence electrons. The third kappa shape index (κ3) is 2.81. The molecule has 0 spiro atoms. The fourth-order valence-electron chi connectivity index (χ4n) is 1.69. The van der Waals surface area contributed by atoms with E-state index in [1.165, 1.54) is 18.3 Å². The third-order valence-corrected chi connectivity index (χ3v) is 2.72. The summed E-state index contributed by atoms with van der Waals surface area (Å²) in [6, 6.07) is 7.76. The molecule has 1 heterocycles. The third-order valence-electron chi connectivity index (χ3n) is 2.49. The predicted molar refractivity (Wildman–Crippen MR) is 66.4 cm³/mol. The van der Waals surface area contributed by atoms with Crippen LogP contribution in [0.5, 0.6) is 0 Å². The van der Waals surface area contributed by atoms with Gasteiger partial charge in [0.2, 0.25) is 0 Å². The molecule has 0 saturated carbocycles. The van der Waals surface area contributed by atoms with E-state index in [1.807, 2.05) is 13.0 Å². The van der Waals surface area contributed by atoms with Crippen molar-refractivity contribution in [1.29, 1.82) is 0 Å². The molecule has 0 bridgehead atoms. The summed E-state index contributed by atoms with van der Waals surface area (Å²) in [5, 5.41) is 0.552. The van der Waals surface area contributed by atoms with Crippen molar-refractivity contribution in [3.63, 3.8) is 0 Å². The molecular formula is C13H12ClFN2. The van der Waals surface area contributed by atoms with Gasteiger partial charge in [0.15, 0.2) is 0 Å². The van der Waals surface area contributed by atoms with Crippen molar-refractivity contribution in [2.24, 2.45) is 5.73 Å². The van der Waals surface area contributed by atoms with Crippen molar-refractivity contribution in [1.82, 2.24) is 4.98 Å². The largest absolute Gasteiger partial charge is 0.319 e. The highest BCUT2D eigenvalue weighted by Crippen LogP contribution is 2.21. The van der Waals surface area contributed by atoms with Crippen LogP contribution in [-0.4, -0.2) is 4.98 Å². The molecule has 1 aromatic heterocycles. The monoisotopic (exact) mass is 250 g/mol. The molecule has 17 heavy (non-hydrogen) atoms. The van der Waals surface area contributed by atoms with E-state index in [4.69, 9.17) is 17.3 Å². The number of aromatic nitrogens is 1. The number of hydrogen-bond acceptors (Lipinski definition) is 2. The number of aryl methyl sites for hydroxylation is 1. The zero-order valence-electron chi connectivity index (χ0n) is 9.32. The van der Waals surface area contributed by atoms with Gasteiger partial charge < -0.3 is 5.73 Å². The van der Waals surface area contributed by atoms with Gasteiger partial charge in [0, 0.05) is 6.20 Å². The lowest BCUT2D eigenvalue weighted by Crippen LogP contribution is -2.13. The van der Waals surface area contributed by atoms with Crippen LogP contribution in [0.25, 0.3) is 0 Å². The van der Waals surface area contributed by atoms with E-state index in [1.54, 1.807) is 12.1 Å². The fraction of sp³-hybridized carbons (Fsp3) is 0.154. The Morgan fingerprint density at radius 2 is 2.06 bits per heavy atom. The van der Waals surface area contributed by atoms with Crippen LogP contribution in [0.4, 0.5) is 4.39 Å². The highest BCUT2D eigenvalue weighted by atomic mass is 35.5. The number of nitrogens with zero attached hydrogens (tertiary/aromatic N) is 1. The minimum absolute atomic E-state index is 0.288. The molecule has 0 aliphatic carbocycles. The quantitative estimate of drug-likeness (QED) is 0.889. The molecule has 0 saturated heterocycles. The lowest BCUT2D eigenvalue weighted by Gasteiger charge is -2.12. The van der Waals surface area contributed by atoms with Crippen molar-refractivity contribution in [2.45, 2.75) is 13.0 Å². The Morgan fingerprint density at radius 3 is 2.65 bits per heavy atom. The fourth-order valence-corrected chi connectivity index (χ4v) is 1.80. The minimum atomic E-state index is -0.443. The van der Waals surface area contributed by atoms with Crippen molar-refractivity contribution >= 4 is 11.6 Å². The first-order valence-corrected chi connectivity index (χ1v) is 5.58. The molecular weight excluding hydrogens is 239 g/mol. The Kier molecular flexibility index (Phi) is 3.41. The van der Waals surface area contributed by atoms with Crippen LogP contribution in [0, 0.1) is 12.7 Å². The first-order valence-electron chi connectivity index (χ1n) is 5.20. The van der Waals surface area contributed by atoms with Crippen molar-refractivity contribution in [3.8, 4) is 0 Å². The van der Waals surface area contributed by atoms with E-state index in [-0.39, 0.29) is 5.82 Å². The topological polar surface area (TPSA) is 38.9 Å². The van der Waals surface area contributed by atoms with Crippen LogP contribution in [0.2, 0.25) is 5.02 Å². The molecule has 2 aromatic rings. The summed E-state index contributed by atoms with van der Waals surface area (Å²) in [4.78, 5) is 4.13. The molecule has 1 aromatic carbocycles. The maximum Gasteiger partial charge on any atom is 0.123 e. The molecule has 2 nitrogen and oxygen atoms in total. The summed E-state index contributed by atoms with van der Waals surface area (Å²) >= 11 is 5.75. The molecule has 0 fully saturated rings. The van der Waals surface area contributed by atoms with E-state index in [9.17, 15) is 4.39 Å². The standard InChI is InChI=1S/C13H12ClFN2/c1-8-4-9(6-11(15)5-8)13(16)12-3-2-10(14)7-17-12/h2-7,13H,16H2,1H3. The summed E-state index contributed by atoms with van der Waals surface area (Å²) in [5.41, 5.74) is 8.24. The number of rotatable bonds is 2. The van der Waals surface area contributed by atoms with Crippen molar-refractivity contribution in [3.05, 3.63) is 64.2 Å². The Morgan fingerprint density at radius 1 is 1.29 bits per heavy atom. The van der Waals surface area contributed by atoms with Gasteiger partial charge in [-0.2, -0.15) is 0 Å². The average molecular weight is 251 g/mol. The second kappa shape index (κ2) is 4.82. The van der Waals surface area contributed by atoms with E-state index >= 15 is 0 Å². The molecule has 0 aliphatic rings. The second-order valence-electron chi connectivity index (χ2n) is 3.94. The Bertz CT molecular complexity index is 505. The van der Waals surface area contributed by atoms with Gasteiger partial charge in [-0.15, -0.1) is 0 Å². The van der Waals surface area contributed by atoms with Crippen LogP contribution < -0.4 is 5.73 Å². The van der Waals surface area contributed by atoms with E-state index < -0.39 is 6.04 Å². The van der Waals surface area contributed by atoms with Gasteiger partial charge in [0.1, 0.15) is 5.82 Å². The summed E-state index contributed by atoms with van der Waals surface area (Å²) in [5.74, 6) is -0.288. The summed E-state index contributed by atoms with van der Waals surface area (Å²) in [6.07, 6.45) is 1.53. The van der Waals surface area contributed by atoms with Crippen LogP contribution in [0.1, 0.15) is 22.9 Å². The van der Waals surface area contributed by atoms with Gasteiger partial charge in [0.25, 0.3) is 0 Å². The Balaban J connectivity index is 2.36. The molecule has 2 rings (SSSR count). The van der Waals surface area contributed by atoms with E-state index in [0.29, 0.717) is 16.3 Å². The van der Waals surface area contributed by atoms with Gasteiger partial charge in [-0.3, -0.25) is 4.98 Å². The van der Waals surface area contributed by atoms with Gasteiger partial charge in [-0.05, 0) is 42.3 Å². The molecule has 4 heteroatoms. The molecule has 0 amide bonds. The van der Waals surface area contributed by atoms with Crippen molar-refractivity contribution < 1.29 is 4.39 Å². The maximum absolute atomic E-state index is 13.3. The number of benzene rings is 1. The lowest BCUT2D eigenvalue weighted by molar-refractivity contribution is 0.621. The summed E-state index contributed by atoms with van der Waals surface area (Å²) in [6.45, 7) is 1.83. The number of hydrogen-bond donors (Lipinski definition) is 1. The SMILES string of the molecule is Cc1cc(F)cc(C(N)c2ccc(Cl)cn2)c1. The first kappa shape index (κ1) is 12.0. The van der Waals surface area contributed by atoms with Gasteiger partial charge >= 0.3 is 0 Å². The number of halogens is 2. The predicted octanol–water partition coefficient (Wildman–Crippen LogP) is 3.23. The zero-order valence-corrected chi connectivity index (χ0v) is 10.1. The Labute approximate surface area is 104 Å². The molecule has 2 N–H and O–H groups in total. The molecule has 0 aliphatic heterocycles. The summed E-state index contributed by atoms with van der Waals surface area (Å²) in [7, 11) is 0. The average Bonchev–Trinajstić information content (AvgIpc) is 2.28. The molecule has 0 radical (unpaired) electrons. The van der Waals surface area contributed by atoms with E-state index in [2.05, 4.69) is 4.98 Å². The van der Waals surface area contributed by atoms with Gasteiger partial charge in [-0.25, -0.2) is 4.39 Å². The van der Waals surface area contributed by atoms with E-state index in [0.717, 1.165) is 5.56 Å². The van der Waals surface area contributed by atoms with Crippen LogP contribution in [0.3, 0.4) is 0 Å².